The summed E-state index contributed by atoms with van der Waals surface area (Å²) in [6, 6.07) is 5.25. The van der Waals surface area contributed by atoms with Crippen molar-refractivity contribution in [2.24, 2.45) is 10.9 Å². The minimum absolute atomic E-state index is 0.00828. The number of benzene rings is 1. The molecule has 0 spiro atoms. The monoisotopic (exact) mass is 294 g/mol. The van der Waals surface area contributed by atoms with Gasteiger partial charge in [-0.2, -0.15) is 0 Å². The molecule has 0 aromatic heterocycles. The van der Waals surface area contributed by atoms with Crippen molar-refractivity contribution in [3.05, 3.63) is 35.6 Å². The molecular formula is C14H19FN4O2. The number of oxime groups is 1. The number of hydrogen-bond donors (Lipinski definition) is 3. The predicted molar refractivity (Wildman–Crippen MR) is 76.7 cm³/mol. The van der Waals surface area contributed by atoms with Crippen molar-refractivity contribution in [1.82, 2.24) is 10.2 Å². The third-order valence-corrected chi connectivity index (χ3v) is 3.90. The highest BCUT2D eigenvalue weighted by atomic mass is 19.1. The van der Waals surface area contributed by atoms with Gasteiger partial charge in [-0.1, -0.05) is 5.16 Å². The van der Waals surface area contributed by atoms with E-state index in [1.807, 2.05) is 7.05 Å². The molecule has 0 unspecified atom stereocenters. The summed E-state index contributed by atoms with van der Waals surface area (Å²) in [6.07, 6.45) is 1.10. The Morgan fingerprint density at radius 3 is 2.48 bits per heavy atom. The Morgan fingerprint density at radius 2 is 1.95 bits per heavy atom. The van der Waals surface area contributed by atoms with Gasteiger partial charge in [0.05, 0.1) is 0 Å². The molecule has 0 radical (unpaired) electrons. The van der Waals surface area contributed by atoms with Crippen molar-refractivity contribution >= 4 is 11.7 Å². The van der Waals surface area contributed by atoms with Crippen molar-refractivity contribution in [3.8, 4) is 0 Å². The summed E-state index contributed by atoms with van der Waals surface area (Å²) in [6.45, 7) is 1.44. The molecular weight excluding hydrogens is 275 g/mol. The van der Waals surface area contributed by atoms with Crippen LogP contribution < -0.4 is 11.1 Å². The Morgan fingerprint density at radius 1 is 1.38 bits per heavy atom. The molecule has 4 N–H and O–H groups in total. The van der Waals surface area contributed by atoms with Crippen LogP contribution in [0.15, 0.2) is 29.4 Å². The quantitative estimate of drug-likeness (QED) is 0.332. The molecule has 1 fully saturated rings. The zero-order valence-corrected chi connectivity index (χ0v) is 11.8. The largest absolute Gasteiger partial charge is 0.409 e. The number of nitrogens with zero attached hydrogens (tertiary/aromatic N) is 2. The maximum atomic E-state index is 12.9. The van der Waals surface area contributed by atoms with Crippen molar-refractivity contribution in [2.45, 2.75) is 18.4 Å². The highest BCUT2D eigenvalue weighted by Crippen LogP contribution is 2.22. The fraction of sp³-hybridized carbons (Fsp3) is 0.429. The van der Waals surface area contributed by atoms with E-state index in [0.717, 1.165) is 13.1 Å². The maximum Gasteiger partial charge on any atom is 0.252 e. The minimum atomic E-state index is -0.868. The van der Waals surface area contributed by atoms with Crippen LogP contribution in [0.4, 0.5) is 4.39 Å². The summed E-state index contributed by atoms with van der Waals surface area (Å²) in [4.78, 5) is 14.4. The number of piperidine rings is 1. The van der Waals surface area contributed by atoms with Crippen LogP contribution in [0, 0.1) is 5.82 Å². The summed E-state index contributed by atoms with van der Waals surface area (Å²) < 4.78 is 12.9. The second-order valence-electron chi connectivity index (χ2n) is 5.33. The first-order chi connectivity index (χ1) is 9.97. The van der Waals surface area contributed by atoms with E-state index < -0.39 is 11.4 Å². The van der Waals surface area contributed by atoms with E-state index in [1.165, 1.54) is 24.3 Å². The summed E-state index contributed by atoms with van der Waals surface area (Å²) in [7, 11) is 1.97. The number of amidine groups is 1. The SMILES string of the molecule is CN1CCC(NC(=O)c2ccc(F)cc2)(/C(N)=N/O)CC1. The summed E-state index contributed by atoms with van der Waals surface area (Å²) in [5, 5.41) is 14.9. The number of carbonyl (C=O) groups is 1. The van der Waals surface area contributed by atoms with E-state index in [9.17, 15) is 9.18 Å². The highest BCUT2D eigenvalue weighted by molar-refractivity contribution is 6.00. The molecule has 1 saturated heterocycles. The third kappa shape index (κ3) is 3.30. The van der Waals surface area contributed by atoms with Crippen LogP contribution in [0.1, 0.15) is 23.2 Å². The molecule has 1 aromatic carbocycles. The van der Waals surface area contributed by atoms with Crippen LogP contribution in [0.5, 0.6) is 0 Å². The van der Waals surface area contributed by atoms with Crippen LogP contribution in [0.2, 0.25) is 0 Å². The molecule has 1 aliphatic rings. The molecule has 2 rings (SSSR count). The Bertz CT molecular complexity index is 536. The standard InChI is InChI=1S/C14H19FN4O2/c1-19-8-6-14(7-9-19,13(16)18-21)17-12(20)10-2-4-11(15)5-3-10/h2-5,21H,6-9H2,1H3,(H2,16,18)(H,17,20). The van der Waals surface area contributed by atoms with Gasteiger partial charge in [0.25, 0.3) is 5.91 Å². The second-order valence-corrected chi connectivity index (χ2v) is 5.33. The smallest absolute Gasteiger partial charge is 0.252 e. The number of rotatable bonds is 3. The number of amides is 1. The van der Waals surface area contributed by atoms with Crippen molar-refractivity contribution < 1.29 is 14.4 Å². The van der Waals surface area contributed by atoms with Crippen LogP contribution in [-0.2, 0) is 0 Å². The number of hydrogen-bond acceptors (Lipinski definition) is 4. The van der Waals surface area contributed by atoms with Crippen molar-refractivity contribution in [1.29, 1.82) is 0 Å². The Kier molecular flexibility index (Phi) is 4.42. The van der Waals surface area contributed by atoms with Crippen LogP contribution in [-0.4, -0.2) is 47.5 Å². The van der Waals surface area contributed by atoms with Crippen molar-refractivity contribution in [2.75, 3.05) is 20.1 Å². The van der Waals surface area contributed by atoms with Gasteiger partial charge in [-0.15, -0.1) is 0 Å². The number of likely N-dealkylation sites (tertiary alicyclic amines) is 1. The fourth-order valence-electron chi connectivity index (χ4n) is 2.43. The molecule has 1 amide bonds. The predicted octanol–water partition coefficient (Wildman–Crippen LogP) is 0.766. The van der Waals surface area contributed by atoms with E-state index in [2.05, 4.69) is 15.4 Å². The molecule has 1 aromatic rings. The van der Waals surface area contributed by atoms with Crippen molar-refractivity contribution in [3.63, 3.8) is 0 Å². The third-order valence-electron chi connectivity index (χ3n) is 3.90. The lowest BCUT2D eigenvalue weighted by Crippen LogP contribution is -2.62. The molecule has 7 heteroatoms. The average Bonchev–Trinajstić information content (AvgIpc) is 2.49. The van der Waals surface area contributed by atoms with Gasteiger partial charge in [0.1, 0.15) is 11.4 Å². The lowest BCUT2D eigenvalue weighted by Gasteiger charge is -2.40. The fourth-order valence-corrected chi connectivity index (χ4v) is 2.43. The molecule has 114 valence electrons. The van der Waals surface area contributed by atoms with Crippen LogP contribution in [0.3, 0.4) is 0 Å². The Hall–Kier alpha value is -2.15. The first-order valence-electron chi connectivity index (χ1n) is 6.71. The number of carbonyl (C=O) groups excluding carboxylic acids is 1. The van der Waals surface area contributed by atoms with Crippen LogP contribution in [0.25, 0.3) is 0 Å². The minimum Gasteiger partial charge on any atom is -0.409 e. The topological polar surface area (TPSA) is 91.0 Å². The molecule has 6 nitrogen and oxygen atoms in total. The van der Waals surface area contributed by atoms with Gasteiger partial charge in [0.15, 0.2) is 5.84 Å². The summed E-state index contributed by atoms with van der Waals surface area (Å²) in [5.74, 6) is -0.783. The molecule has 0 bridgehead atoms. The zero-order valence-electron chi connectivity index (χ0n) is 11.8. The lowest BCUT2D eigenvalue weighted by molar-refractivity contribution is 0.0886. The molecule has 21 heavy (non-hydrogen) atoms. The first kappa shape index (κ1) is 15.2. The first-order valence-corrected chi connectivity index (χ1v) is 6.71. The normalized spacial score (nSPS) is 19.2. The highest BCUT2D eigenvalue weighted by Gasteiger charge is 2.39. The second kappa shape index (κ2) is 6.09. The van der Waals surface area contributed by atoms with E-state index in [1.54, 1.807) is 0 Å². The number of halogens is 1. The molecule has 1 aliphatic heterocycles. The van der Waals surface area contributed by atoms with Gasteiger partial charge < -0.3 is 21.2 Å². The maximum absolute atomic E-state index is 12.9. The van der Waals surface area contributed by atoms with Gasteiger partial charge in [0, 0.05) is 18.7 Å². The van der Waals surface area contributed by atoms with Gasteiger partial charge in [-0.25, -0.2) is 4.39 Å². The van der Waals surface area contributed by atoms with Gasteiger partial charge in [-0.3, -0.25) is 4.79 Å². The summed E-state index contributed by atoms with van der Waals surface area (Å²) in [5.41, 5.74) is 5.25. The zero-order chi connectivity index (χ0) is 15.5. The number of nitrogens with two attached hydrogens (primary N) is 1. The van der Waals surface area contributed by atoms with Gasteiger partial charge in [-0.05, 0) is 44.2 Å². The number of nitrogens with one attached hydrogen (secondary N) is 1. The Balaban J connectivity index is 2.19. The average molecular weight is 294 g/mol. The van der Waals surface area contributed by atoms with E-state index >= 15 is 0 Å². The molecule has 0 aliphatic carbocycles. The molecule has 0 saturated carbocycles. The van der Waals surface area contributed by atoms with Gasteiger partial charge in [0.2, 0.25) is 0 Å². The van der Waals surface area contributed by atoms with E-state index in [0.29, 0.717) is 18.4 Å². The van der Waals surface area contributed by atoms with E-state index in [-0.39, 0.29) is 11.7 Å². The Labute approximate surface area is 122 Å². The lowest BCUT2D eigenvalue weighted by atomic mass is 9.86. The molecule has 0 atom stereocenters. The van der Waals surface area contributed by atoms with E-state index in [4.69, 9.17) is 10.9 Å². The van der Waals surface area contributed by atoms with Crippen LogP contribution >= 0.6 is 0 Å². The van der Waals surface area contributed by atoms with Gasteiger partial charge >= 0.3 is 0 Å². The summed E-state index contributed by atoms with van der Waals surface area (Å²) >= 11 is 0. The molecule has 1 heterocycles.